The number of piperazine rings is 1. The largest absolute Gasteiger partial charge is 0.391 e. The minimum absolute atomic E-state index is 0.0822. The summed E-state index contributed by atoms with van der Waals surface area (Å²) in [7, 11) is 0. The van der Waals surface area contributed by atoms with Gasteiger partial charge in [-0.15, -0.1) is 0 Å². The lowest BCUT2D eigenvalue weighted by Gasteiger charge is -2.35. The lowest BCUT2D eigenvalue weighted by Crippen LogP contribution is -2.51. The van der Waals surface area contributed by atoms with Gasteiger partial charge in [-0.3, -0.25) is 0 Å². The normalized spacial score (nSPS) is 28.3. The zero-order chi connectivity index (χ0) is 16.7. The monoisotopic (exact) mass is 326 g/mol. The second kappa shape index (κ2) is 9.45. The van der Waals surface area contributed by atoms with Crippen molar-refractivity contribution < 1.29 is 9.90 Å². The number of aliphatic hydroxyl groups excluding tert-OH is 1. The van der Waals surface area contributed by atoms with Gasteiger partial charge in [0.05, 0.1) is 12.1 Å². The van der Waals surface area contributed by atoms with Gasteiger partial charge in [-0.1, -0.05) is 26.7 Å². The topological polar surface area (TPSA) is 67.8 Å². The predicted octanol–water partition coefficient (Wildman–Crippen LogP) is 0.863. The van der Waals surface area contributed by atoms with Gasteiger partial charge >= 0.3 is 6.03 Å². The Morgan fingerprint density at radius 2 is 1.83 bits per heavy atom. The lowest BCUT2D eigenvalue weighted by atomic mass is 9.93. The summed E-state index contributed by atoms with van der Waals surface area (Å²) in [4.78, 5) is 16.9. The first kappa shape index (κ1) is 18.5. The fraction of sp³-hybridized carbons (Fsp3) is 0.941. The molecule has 1 aliphatic heterocycles. The van der Waals surface area contributed by atoms with E-state index in [2.05, 4.69) is 34.3 Å². The maximum absolute atomic E-state index is 12.0. The molecular formula is C17H34N4O2. The molecule has 6 nitrogen and oxygen atoms in total. The number of nitrogens with zero attached hydrogens (tertiary/aromatic N) is 2. The molecule has 134 valence electrons. The van der Waals surface area contributed by atoms with Gasteiger partial charge in [-0.2, -0.15) is 0 Å². The standard InChI is InChI=1S/C17H34N4O2/c1-3-20-8-10-21(11-9-20)13-14(2)12-18-17(23)19-15-6-4-5-7-16(15)22/h14-16,22H,3-13H2,1-2H3,(H2,18,19,23)/t14-,15+,16+/m1/s1. The molecule has 3 N–H and O–H groups in total. The van der Waals surface area contributed by atoms with E-state index in [0.29, 0.717) is 12.5 Å². The van der Waals surface area contributed by atoms with E-state index in [1.165, 1.54) is 0 Å². The van der Waals surface area contributed by atoms with Crippen molar-refractivity contribution in [3.63, 3.8) is 0 Å². The summed E-state index contributed by atoms with van der Waals surface area (Å²) in [6.45, 7) is 11.8. The van der Waals surface area contributed by atoms with E-state index in [1.807, 2.05) is 0 Å². The Balaban J connectivity index is 1.60. The minimum atomic E-state index is -0.387. The molecule has 0 aromatic heterocycles. The smallest absolute Gasteiger partial charge is 0.315 e. The highest BCUT2D eigenvalue weighted by Gasteiger charge is 2.24. The van der Waals surface area contributed by atoms with Gasteiger partial charge in [0, 0.05) is 39.3 Å². The Kier molecular flexibility index (Phi) is 7.59. The summed E-state index contributed by atoms with van der Waals surface area (Å²) in [5, 5.41) is 15.8. The van der Waals surface area contributed by atoms with Gasteiger partial charge in [0.25, 0.3) is 0 Å². The third-order valence-corrected chi connectivity index (χ3v) is 5.14. The summed E-state index contributed by atoms with van der Waals surface area (Å²) in [5.74, 6) is 0.435. The molecule has 2 fully saturated rings. The Hall–Kier alpha value is -0.850. The minimum Gasteiger partial charge on any atom is -0.391 e. The van der Waals surface area contributed by atoms with Crippen molar-refractivity contribution in [1.82, 2.24) is 20.4 Å². The molecule has 1 aliphatic carbocycles. The molecule has 2 rings (SSSR count). The summed E-state index contributed by atoms with van der Waals surface area (Å²) in [5.41, 5.74) is 0. The maximum Gasteiger partial charge on any atom is 0.315 e. The first-order valence-electron chi connectivity index (χ1n) is 9.25. The van der Waals surface area contributed by atoms with Crippen LogP contribution in [0.25, 0.3) is 0 Å². The van der Waals surface area contributed by atoms with Gasteiger partial charge in [-0.05, 0) is 25.3 Å². The van der Waals surface area contributed by atoms with E-state index in [4.69, 9.17) is 0 Å². The van der Waals surface area contributed by atoms with Crippen LogP contribution in [0.4, 0.5) is 4.79 Å². The molecule has 6 heteroatoms. The van der Waals surface area contributed by atoms with Crippen LogP contribution in [-0.2, 0) is 0 Å². The zero-order valence-corrected chi connectivity index (χ0v) is 14.8. The van der Waals surface area contributed by atoms with Crippen molar-refractivity contribution >= 4 is 6.03 Å². The molecule has 0 unspecified atom stereocenters. The second-order valence-electron chi connectivity index (χ2n) is 7.15. The molecule has 2 amide bonds. The number of rotatable bonds is 6. The SMILES string of the molecule is CCN1CCN(C[C@H](C)CNC(=O)N[C@H]2CCCC[C@@H]2O)CC1. The number of nitrogens with one attached hydrogen (secondary N) is 2. The van der Waals surface area contributed by atoms with Gasteiger partial charge in [0.1, 0.15) is 0 Å². The number of likely N-dealkylation sites (N-methyl/N-ethyl adjacent to an activating group) is 1. The number of aliphatic hydroxyl groups is 1. The Morgan fingerprint density at radius 3 is 2.48 bits per heavy atom. The van der Waals surface area contributed by atoms with E-state index >= 15 is 0 Å². The van der Waals surface area contributed by atoms with E-state index in [0.717, 1.165) is 65.0 Å². The first-order valence-corrected chi connectivity index (χ1v) is 9.25. The first-order chi connectivity index (χ1) is 11.1. The highest BCUT2D eigenvalue weighted by Crippen LogP contribution is 2.18. The second-order valence-corrected chi connectivity index (χ2v) is 7.15. The number of carbonyl (C=O) groups excluding carboxylic acids is 1. The van der Waals surface area contributed by atoms with E-state index in [-0.39, 0.29) is 18.2 Å². The molecule has 1 saturated carbocycles. The third kappa shape index (κ3) is 6.28. The molecule has 0 bridgehead atoms. The van der Waals surface area contributed by atoms with Crippen molar-refractivity contribution in [2.24, 2.45) is 5.92 Å². The molecule has 2 aliphatic rings. The Morgan fingerprint density at radius 1 is 1.17 bits per heavy atom. The van der Waals surface area contributed by atoms with Crippen LogP contribution in [0.1, 0.15) is 39.5 Å². The summed E-state index contributed by atoms with van der Waals surface area (Å²) < 4.78 is 0. The number of carbonyl (C=O) groups is 1. The van der Waals surface area contributed by atoms with Gasteiger partial charge in [0.2, 0.25) is 0 Å². The van der Waals surface area contributed by atoms with Crippen molar-refractivity contribution in [1.29, 1.82) is 0 Å². The van der Waals surface area contributed by atoms with Crippen molar-refractivity contribution in [2.75, 3.05) is 45.8 Å². The van der Waals surface area contributed by atoms with Crippen LogP contribution >= 0.6 is 0 Å². The molecule has 0 aromatic carbocycles. The fourth-order valence-electron chi connectivity index (χ4n) is 3.56. The summed E-state index contributed by atoms with van der Waals surface area (Å²) in [6.07, 6.45) is 3.43. The van der Waals surface area contributed by atoms with E-state index < -0.39 is 0 Å². The van der Waals surface area contributed by atoms with Crippen molar-refractivity contribution in [3.05, 3.63) is 0 Å². The van der Waals surface area contributed by atoms with E-state index in [1.54, 1.807) is 0 Å². The Bertz CT molecular complexity index is 359. The van der Waals surface area contributed by atoms with Crippen LogP contribution < -0.4 is 10.6 Å². The predicted molar refractivity (Wildman–Crippen MR) is 92.5 cm³/mol. The van der Waals surface area contributed by atoms with Crippen LogP contribution in [0.5, 0.6) is 0 Å². The van der Waals surface area contributed by atoms with Crippen molar-refractivity contribution in [3.8, 4) is 0 Å². The Labute approximate surface area is 140 Å². The molecule has 1 saturated heterocycles. The summed E-state index contributed by atoms with van der Waals surface area (Å²) in [6, 6.07) is -0.222. The number of urea groups is 1. The van der Waals surface area contributed by atoms with Gasteiger partial charge in [-0.25, -0.2) is 4.79 Å². The maximum atomic E-state index is 12.0. The number of hydrogen-bond acceptors (Lipinski definition) is 4. The van der Waals surface area contributed by atoms with Gasteiger partial charge < -0.3 is 25.5 Å². The molecule has 1 heterocycles. The number of amides is 2. The van der Waals surface area contributed by atoms with Crippen LogP contribution in [-0.4, -0.2) is 78.9 Å². The number of hydrogen-bond donors (Lipinski definition) is 3. The molecule has 0 spiro atoms. The highest BCUT2D eigenvalue weighted by molar-refractivity contribution is 5.74. The average molecular weight is 326 g/mol. The van der Waals surface area contributed by atoms with Gasteiger partial charge in [0.15, 0.2) is 0 Å². The lowest BCUT2D eigenvalue weighted by molar-refractivity contribution is 0.0940. The molecule has 3 atom stereocenters. The molecule has 0 radical (unpaired) electrons. The van der Waals surface area contributed by atoms with Crippen LogP contribution in [0.15, 0.2) is 0 Å². The van der Waals surface area contributed by atoms with Crippen LogP contribution in [0.3, 0.4) is 0 Å². The summed E-state index contributed by atoms with van der Waals surface area (Å²) >= 11 is 0. The molecule has 23 heavy (non-hydrogen) atoms. The zero-order valence-electron chi connectivity index (χ0n) is 14.8. The average Bonchev–Trinajstić information content (AvgIpc) is 2.56. The quantitative estimate of drug-likeness (QED) is 0.677. The van der Waals surface area contributed by atoms with E-state index in [9.17, 15) is 9.90 Å². The fourth-order valence-corrected chi connectivity index (χ4v) is 3.56. The molecule has 0 aromatic rings. The highest BCUT2D eigenvalue weighted by atomic mass is 16.3. The van der Waals surface area contributed by atoms with Crippen molar-refractivity contribution in [2.45, 2.75) is 51.7 Å². The van der Waals surface area contributed by atoms with Crippen LogP contribution in [0.2, 0.25) is 0 Å². The third-order valence-electron chi connectivity index (χ3n) is 5.14. The van der Waals surface area contributed by atoms with Crippen LogP contribution in [0, 0.1) is 5.92 Å². The molecular weight excluding hydrogens is 292 g/mol.